The fourth-order valence-corrected chi connectivity index (χ4v) is 2.19. The lowest BCUT2D eigenvalue weighted by Gasteiger charge is -2.20. The molecule has 0 aliphatic rings. The molecule has 0 spiro atoms. The summed E-state index contributed by atoms with van der Waals surface area (Å²) in [5.41, 5.74) is 0.818. The number of esters is 2. The van der Waals surface area contributed by atoms with Crippen molar-refractivity contribution in [3.8, 4) is 5.75 Å². The second kappa shape index (κ2) is 7.83. The minimum Gasteiger partial charge on any atom is -0.508 e. The number of hydrogen-bond donors (Lipinski definition) is 1. The zero-order chi connectivity index (χ0) is 18.4. The third kappa shape index (κ3) is 5.95. The summed E-state index contributed by atoms with van der Waals surface area (Å²) in [6.07, 6.45) is -0.0817. The van der Waals surface area contributed by atoms with E-state index in [1.807, 2.05) is 30.3 Å². The molecule has 1 N–H and O–H groups in total. The molecule has 0 radical (unpaired) electrons. The normalized spacial score (nSPS) is 11.0. The molecule has 0 aliphatic heterocycles. The first-order valence-electron chi connectivity index (χ1n) is 7.99. The van der Waals surface area contributed by atoms with E-state index in [0.717, 1.165) is 5.56 Å². The first-order chi connectivity index (χ1) is 11.7. The van der Waals surface area contributed by atoms with Crippen LogP contribution < -0.4 is 0 Å². The smallest absolute Gasteiger partial charge is 0.339 e. The van der Waals surface area contributed by atoms with E-state index in [1.165, 1.54) is 18.2 Å². The van der Waals surface area contributed by atoms with Crippen molar-refractivity contribution in [1.29, 1.82) is 0 Å². The van der Waals surface area contributed by atoms with Crippen molar-refractivity contribution in [2.75, 3.05) is 0 Å². The molecular formula is C20H22O5. The Hall–Kier alpha value is -2.82. The molecule has 0 bridgehead atoms. The molecule has 0 fully saturated rings. The van der Waals surface area contributed by atoms with Crippen LogP contribution in [0.5, 0.6) is 5.75 Å². The van der Waals surface area contributed by atoms with Crippen LogP contribution in [0.2, 0.25) is 0 Å². The molecule has 0 saturated heterocycles. The topological polar surface area (TPSA) is 72.8 Å². The van der Waals surface area contributed by atoms with Gasteiger partial charge in [-0.05, 0) is 44.0 Å². The Morgan fingerprint density at radius 3 is 2.36 bits per heavy atom. The highest BCUT2D eigenvalue weighted by Crippen LogP contribution is 2.21. The number of phenolic OH excluding ortho intramolecular Hbond substituents is 1. The number of carbonyl (C=O) groups is 2. The molecule has 0 amide bonds. The second-order valence-electron chi connectivity index (χ2n) is 6.67. The fraction of sp³-hybridized carbons (Fsp3) is 0.300. The summed E-state index contributed by atoms with van der Waals surface area (Å²) < 4.78 is 10.6. The van der Waals surface area contributed by atoms with Crippen molar-refractivity contribution >= 4 is 11.9 Å². The molecule has 0 unspecified atom stereocenters. The lowest BCUT2D eigenvalue weighted by Crippen LogP contribution is -2.25. The molecular weight excluding hydrogens is 320 g/mol. The Kier molecular flexibility index (Phi) is 5.80. The molecule has 2 rings (SSSR count). The van der Waals surface area contributed by atoms with Crippen LogP contribution in [0, 0.1) is 0 Å². The minimum atomic E-state index is -0.673. The quantitative estimate of drug-likeness (QED) is 0.840. The van der Waals surface area contributed by atoms with E-state index in [-0.39, 0.29) is 24.3 Å². The van der Waals surface area contributed by atoms with Gasteiger partial charge in [-0.15, -0.1) is 0 Å². The maximum Gasteiger partial charge on any atom is 0.339 e. The van der Waals surface area contributed by atoms with Crippen LogP contribution in [0.25, 0.3) is 0 Å². The minimum absolute atomic E-state index is 0.0673. The van der Waals surface area contributed by atoms with E-state index >= 15 is 0 Å². The number of rotatable bonds is 5. The van der Waals surface area contributed by atoms with Crippen LogP contribution in [0.1, 0.15) is 42.3 Å². The van der Waals surface area contributed by atoms with Gasteiger partial charge in [0.05, 0.1) is 12.0 Å². The summed E-state index contributed by atoms with van der Waals surface area (Å²) in [7, 11) is 0. The van der Waals surface area contributed by atoms with E-state index < -0.39 is 17.5 Å². The van der Waals surface area contributed by atoms with Gasteiger partial charge in [-0.1, -0.05) is 36.4 Å². The summed E-state index contributed by atoms with van der Waals surface area (Å²) in [6.45, 7) is 5.42. The largest absolute Gasteiger partial charge is 0.508 e. The molecule has 0 aromatic heterocycles. The predicted octanol–water partition coefficient (Wildman–Crippen LogP) is 3.63. The molecule has 2 aromatic rings. The van der Waals surface area contributed by atoms with Gasteiger partial charge in [-0.25, -0.2) is 4.79 Å². The van der Waals surface area contributed by atoms with Crippen molar-refractivity contribution in [2.24, 2.45) is 0 Å². The van der Waals surface area contributed by atoms with Gasteiger partial charge in [-0.2, -0.15) is 0 Å². The SMILES string of the molecule is CC(C)(C)OC(=O)c1cc(O)ccc1CC(=O)OCc1ccccc1. The Morgan fingerprint density at radius 1 is 1.04 bits per heavy atom. The summed E-state index contributed by atoms with van der Waals surface area (Å²) in [6, 6.07) is 13.6. The molecule has 5 nitrogen and oxygen atoms in total. The Morgan fingerprint density at radius 2 is 1.72 bits per heavy atom. The summed E-state index contributed by atoms with van der Waals surface area (Å²) in [4.78, 5) is 24.4. The van der Waals surface area contributed by atoms with Crippen molar-refractivity contribution in [2.45, 2.75) is 39.4 Å². The zero-order valence-corrected chi connectivity index (χ0v) is 14.6. The molecule has 0 heterocycles. The van der Waals surface area contributed by atoms with E-state index in [2.05, 4.69) is 0 Å². The summed E-state index contributed by atoms with van der Waals surface area (Å²) in [5, 5.41) is 9.65. The van der Waals surface area contributed by atoms with E-state index in [1.54, 1.807) is 20.8 Å². The third-order valence-corrected chi connectivity index (χ3v) is 3.29. The number of benzene rings is 2. The van der Waals surface area contributed by atoms with Crippen molar-refractivity contribution < 1.29 is 24.2 Å². The standard InChI is InChI=1S/C20H22O5/c1-20(2,3)25-19(23)17-12-16(21)10-9-15(17)11-18(22)24-13-14-7-5-4-6-8-14/h4-10,12,21H,11,13H2,1-3H3. The fourth-order valence-electron chi connectivity index (χ4n) is 2.19. The first kappa shape index (κ1) is 18.5. The number of aromatic hydroxyl groups is 1. The van der Waals surface area contributed by atoms with Crippen LogP contribution in [0.15, 0.2) is 48.5 Å². The average Bonchev–Trinajstić information content (AvgIpc) is 2.54. The van der Waals surface area contributed by atoms with Gasteiger partial charge in [0.2, 0.25) is 0 Å². The third-order valence-electron chi connectivity index (χ3n) is 3.29. The Labute approximate surface area is 147 Å². The molecule has 2 aromatic carbocycles. The number of ether oxygens (including phenoxy) is 2. The maximum atomic E-state index is 12.3. The maximum absolute atomic E-state index is 12.3. The van der Waals surface area contributed by atoms with Crippen LogP contribution in [0.4, 0.5) is 0 Å². The van der Waals surface area contributed by atoms with Gasteiger partial charge >= 0.3 is 11.9 Å². The Bertz CT molecular complexity index is 744. The summed E-state index contributed by atoms with van der Waals surface area (Å²) >= 11 is 0. The molecule has 132 valence electrons. The van der Waals surface area contributed by atoms with Crippen molar-refractivity contribution in [3.05, 3.63) is 65.2 Å². The highest BCUT2D eigenvalue weighted by Gasteiger charge is 2.22. The summed E-state index contributed by atoms with van der Waals surface area (Å²) in [5.74, 6) is -1.11. The van der Waals surface area contributed by atoms with Crippen molar-refractivity contribution in [1.82, 2.24) is 0 Å². The highest BCUT2D eigenvalue weighted by atomic mass is 16.6. The first-order valence-corrected chi connectivity index (χ1v) is 7.99. The highest BCUT2D eigenvalue weighted by molar-refractivity contribution is 5.93. The number of phenols is 1. The monoisotopic (exact) mass is 342 g/mol. The molecule has 0 atom stereocenters. The lowest BCUT2D eigenvalue weighted by molar-refractivity contribution is -0.144. The van der Waals surface area contributed by atoms with Crippen LogP contribution >= 0.6 is 0 Å². The molecule has 0 aliphatic carbocycles. The van der Waals surface area contributed by atoms with Crippen LogP contribution in [-0.4, -0.2) is 22.6 Å². The number of hydrogen-bond acceptors (Lipinski definition) is 5. The molecule has 0 saturated carbocycles. The predicted molar refractivity (Wildman–Crippen MR) is 93.2 cm³/mol. The van der Waals surface area contributed by atoms with Gasteiger partial charge < -0.3 is 14.6 Å². The van der Waals surface area contributed by atoms with Gasteiger partial charge in [0.25, 0.3) is 0 Å². The molecule has 5 heteroatoms. The second-order valence-corrected chi connectivity index (χ2v) is 6.67. The lowest BCUT2D eigenvalue weighted by atomic mass is 10.0. The van der Waals surface area contributed by atoms with Gasteiger partial charge in [0, 0.05) is 0 Å². The number of carbonyl (C=O) groups excluding carboxylic acids is 2. The van der Waals surface area contributed by atoms with Gasteiger partial charge in [-0.3, -0.25) is 4.79 Å². The van der Waals surface area contributed by atoms with E-state index in [9.17, 15) is 14.7 Å². The zero-order valence-electron chi connectivity index (χ0n) is 14.6. The van der Waals surface area contributed by atoms with Gasteiger partial charge in [0.1, 0.15) is 18.0 Å². The van der Waals surface area contributed by atoms with E-state index in [4.69, 9.17) is 9.47 Å². The van der Waals surface area contributed by atoms with Crippen LogP contribution in [0.3, 0.4) is 0 Å². The van der Waals surface area contributed by atoms with Gasteiger partial charge in [0.15, 0.2) is 0 Å². The average molecular weight is 342 g/mol. The van der Waals surface area contributed by atoms with E-state index in [0.29, 0.717) is 5.56 Å². The van der Waals surface area contributed by atoms with Crippen LogP contribution in [-0.2, 0) is 27.3 Å². The van der Waals surface area contributed by atoms with Crippen molar-refractivity contribution in [3.63, 3.8) is 0 Å². The Balaban J connectivity index is 2.08. The molecule has 25 heavy (non-hydrogen) atoms.